The van der Waals surface area contributed by atoms with Crippen molar-refractivity contribution < 1.29 is 14.3 Å². The second-order valence-corrected chi connectivity index (χ2v) is 8.25. The summed E-state index contributed by atoms with van der Waals surface area (Å²) in [5, 5.41) is 2.95. The zero-order valence-corrected chi connectivity index (χ0v) is 18.1. The van der Waals surface area contributed by atoms with Crippen molar-refractivity contribution in [3.63, 3.8) is 0 Å². The van der Waals surface area contributed by atoms with Gasteiger partial charge in [0.25, 0.3) is 5.91 Å². The number of aromatic nitrogens is 1. The molecule has 1 N–H and O–H groups in total. The van der Waals surface area contributed by atoms with E-state index in [0.717, 1.165) is 38.8 Å². The number of methoxy groups -OCH3 is 1. The van der Waals surface area contributed by atoms with Gasteiger partial charge in [-0.1, -0.05) is 30.0 Å². The molecule has 0 spiro atoms. The van der Waals surface area contributed by atoms with E-state index in [-0.39, 0.29) is 11.9 Å². The SMILES string of the molecule is COC(=O)c1cccc(-n2c(C)cc(/C=C3/Sc4ccccc4NC3=O)c2C)c1C. The first-order chi connectivity index (χ1) is 14.4. The molecule has 2 aromatic carbocycles. The maximum absolute atomic E-state index is 12.6. The molecule has 6 heteroatoms. The molecule has 0 unspecified atom stereocenters. The maximum atomic E-state index is 12.6. The molecule has 152 valence electrons. The van der Waals surface area contributed by atoms with Crippen molar-refractivity contribution >= 4 is 35.4 Å². The highest BCUT2D eigenvalue weighted by Gasteiger charge is 2.22. The number of esters is 1. The van der Waals surface area contributed by atoms with Crippen LogP contribution in [0.5, 0.6) is 0 Å². The number of nitrogens with zero attached hydrogens (tertiary/aromatic N) is 1. The third-order valence-electron chi connectivity index (χ3n) is 5.29. The van der Waals surface area contributed by atoms with Gasteiger partial charge in [0.05, 0.1) is 23.3 Å². The lowest BCUT2D eigenvalue weighted by Gasteiger charge is -2.18. The lowest BCUT2D eigenvalue weighted by molar-refractivity contribution is -0.112. The molecule has 0 aliphatic carbocycles. The number of benzene rings is 2. The smallest absolute Gasteiger partial charge is 0.338 e. The molecule has 1 aliphatic heterocycles. The maximum Gasteiger partial charge on any atom is 0.338 e. The van der Waals surface area contributed by atoms with E-state index >= 15 is 0 Å². The molecular weight excluding hydrogens is 396 g/mol. The van der Waals surface area contributed by atoms with Crippen LogP contribution in [0.2, 0.25) is 0 Å². The van der Waals surface area contributed by atoms with E-state index in [1.54, 1.807) is 6.07 Å². The monoisotopic (exact) mass is 418 g/mol. The Kier molecular flexibility index (Phi) is 5.26. The standard InChI is InChI=1S/C24H22N2O3S/c1-14-12-17(13-22-23(27)25-19-9-5-6-11-21(19)30-22)16(3)26(14)20-10-7-8-18(15(20)2)24(28)29-4/h5-13H,1-4H3,(H,25,27)/b22-13+. The summed E-state index contributed by atoms with van der Waals surface area (Å²) in [4.78, 5) is 26.4. The normalized spacial score (nSPS) is 14.4. The molecule has 0 radical (unpaired) electrons. The first-order valence-corrected chi connectivity index (χ1v) is 10.4. The summed E-state index contributed by atoms with van der Waals surface area (Å²) in [5.74, 6) is -0.458. The summed E-state index contributed by atoms with van der Waals surface area (Å²) in [6.45, 7) is 5.95. The van der Waals surface area contributed by atoms with Crippen molar-refractivity contribution in [3.05, 3.63) is 81.5 Å². The van der Waals surface area contributed by atoms with Gasteiger partial charge >= 0.3 is 5.97 Å². The fraction of sp³-hybridized carbons (Fsp3) is 0.167. The minimum absolute atomic E-state index is 0.104. The van der Waals surface area contributed by atoms with Crippen LogP contribution in [0.3, 0.4) is 0 Å². The molecule has 1 amide bonds. The molecule has 4 rings (SSSR count). The van der Waals surface area contributed by atoms with E-state index < -0.39 is 0 Å². The zero-order chi connectivity index (χ0) is 21.4. The third kappa shape index (κ3) is 3.44. The van der Waals surface area contributed by atoms with Crippen molar-refractivity contribution in [2.75, 3.05) is 12.4 Å². The van der Waals surface area contributed by atoms with Crippen molar-refractivity contribution in [2.24, 2.45) is 0 Å². The molecular formula is C24H22N2O3S. The van der Waals surface area contributed by atoms with Crippen LogP contribution in [0.15, 0.2) is 58.3 Å². The number of rotatable bonds is 3. The number of aryl methyl sites for hydroxylation is 1. The molecule has 2 heterocycles. The molecule has 0 saturated heterocycles. The van der Waals surface area contributed by atoms with Gasteiger partial charge in [0.2, 0.25) is 0 Å². The van der Waals surface area contributed by atoms with Crippen molar-refractivity contribution in [1.82, 2.24) is 4.57 Å². The molecule has 3 aromatic rings. The van der Waals surface area contributed by atoms with Gasteiger partial charge in [-0.2, -0.15) is 0 Å². The van der Waals surface area contributed by atoms with Gasteiger partial charge in [-0.15, -0.1) is 0 Å². The van der Waals surface area contributed by atoms with Gasteiger partial charge in [-0.25, -0.2) is 4.79 Å². The van der Waals surface area contributed by atoms with E-state index in [2.05, 4.69) is 16.0 Å². The van der Waals surface area contributed by atoms with Crippen LogP contribution in [-0.2, 0) is 9.53 Å². The number of para-hydroxylation sites is 1. The summed E-state index contributed by atoms with van der Waals surface area (Å²) in [5.41, 5.74) is 6.13. The second-order valence-electron chi connectivity index (χ2n) is 7.16. The van der Waals surface area contributed by atoms with Gasteiger partial charge in [-0.3, -0.25) is 4.79 Å². The Morgan fingerprint density at radius 1 is 1.10 bits per heavy atom. The Hall–Kier alpha value is -3.25. The van der Waals surface area contributed by atoms with Crippen LogP contribution in [0.1, 0.15) is 32.9 Å². The summed E-state index contributed by atoms with van der Waals surface area (Å²) in [6, 6.07) is 15.4. The van der Waals surface area contributed by atoms with Crippen LogP contribution in [0, 0.1) is 20.8 Å². The van der Waals surface area contributed by atoms with Gasteiger partial charge in [0, 0.05) is 22.0 Å². The lowest BCUT2D eigenvalue weighted by atomic mass is 10.1. The first-order valence-electron chi connectivity index (χ1n) is 9.58. The zero-order valence-electron chi connectivity index (χ0n) is 17.3. The van der Waals surface area contributed by atoms with E-state index in [1.165, 1.54) is 18.9 Å². The lowest BCUT2D eigenvalue weighted by Crippen LogP contribution is -2.17. The molecule has 30 heavy (non-hydrogen) atoms. The number of thioether (sulfide) groups is 1. The predicted octanol–water partition coefficient (Wildman–Crippen LogP) is 5.27. The summed E-state index contributed by atoms with van der Waals surface area (Å²) in [6.07, 6.45) is 1.92. The molecule has 1 aliphatic rings. The number of amides is 1. The minimum Gasteiger partial charge on any atom is -0.465 e. The average molecular weight is 419 g/mol. The first kappa shape index (κ1) is 20.0. The van der Waals surface area contributed by atoms with Gasteiger partial charge in [0.1, 0.15) is 0 Å². The summed E-state index contributed by atoms with van der Waals surface area (Å²) >= 11 is 1.47. The molecule has 0 atom stereocenters. The largest absolute Gasteiger partial charge is 0.465 e. The number of nitrogens with one attached hydrogen (secondary N) is 1. The number of hydrogen-bond acceptors (Lipinski definition) is 4. The minimum atomic E-state index is -0.354. The molecule has 0 bridgehead atoms. The van der Waals surface area contributed by atoms with E-state index in [4.69, 9.17) is 4.74 Å². The van der Waals surface area contributed by atoms with Crippen molar-refractivity contribution in [1.29, 1.82) is 0 Å². The average Bonchev–Trinajstić information content (AvgIpc) is 3.01. The number of ether oxygens (including phenoxy) is 1. The van der Waals surface area contributed by atoms with Crippen LogP contribution >= 0.6 is 11.8 Å². The molecule has 5 nitrogen and oxygen atoms in total. The van der Waals surface area contributed by atoms with Gasteiger partial charge in [-0.05, 0) is 68.3 Å². The van der Waals surface area contributed by atoms with Crippen LogP contribution in [0.4, 0.5) is 5.69 Å². The van der Waals surface area contributed by atoms with E-state index in [0.29, 0.717) is 10.5 Å². The molecule has 0 saturated carbocycles. The highest BCUT2D eigenvalue weighted by atomic mass is 32.2. The molecule has 0 fully saturated rings. The Morgan fingerprint density at radius 2 is 1.87 bits per heavy atom. The van der Waals surface area contributed by atoms with Gasteiger partial charge in [0.15, 0.2) is 0 Å². The quantitative estimate of drug-likeness (QED) is 0.465. The fourth-order valence-corrected chi connectivity index (χ4v) is 4.69. The number of hydrogen-bond donors (Lipinski definition) is 1. The third-order valence-corrected chi connectivity index (χ3v) is 6.39. The van der Waals surface area contributed by atoms with Crippen LogP contribution in [0.25, 0.3) is 11.8 Å². The highest BCUT2D eigenvalue weighted by Crippen LogP contribution is 2.39. The van der Waals surface area contributed by atoms with E-state index in [9.17, 15) is 9.59 Å². The van der Waals surface area contributed by atoms with Crippen LogP contribution in [-0.4, -0.2) is 23.6 Å². The summed E-state index contributed by atoms with van der Waals surface area (Å²) < 4.78 is 7.01. The number of carbonyl (C=O) groups excluding carboxylic acids is 2. The number of anilines is 1. The van der Waals surface area contributed by atoms with Crippen molar-refractivity contribution in [2.45, 2.75) is 25.7 Å². The Labute approximate surface area is 179 Å². The number of fused-ring (bicyclic) bond motifs is 1. The Balaban J connectivity index is 1.77. The number of carbonyl (C=O) groups is 2. The Bertz CT molecular complexity index is 1210. The topological polar surface area (TPSA) is 60.3 Å². The summed E-state index contributed by atoms with van der Waals surface area (Å²) in [7, 11) is 1.38. The van der Waals surface area contributed by atoms with E-state index in [1.807, 2.05) is 63.2 Å². The fourth-order valence-electron chi connectivity index (χ4n) is 3.75. The predicted molar refractivity (Wildman–Crippen MR) is 120 cm³/mol. The van der Waals surface area contributed by atoms with Gasteiger partial charge < -0.3 is 14.6 Å². The highest BCUT2D eigenvalue weighted by molar-refractivity contribution is 8.04. The Morgan fingerprint density at radius 3 is 2.63 bits per heavy atom. The second kappa shape index (κ2) is 7.88. The molecule has 1 aromatic heterocycles. The van der Waals surface area contributed by atoms with Crippen LogP contribution < -0.4 is 5.32 Å². The van der Waals surface area contributed by atoms with Crippen molar-refractivity contribution in [3.8, 4) is 5.69 Å².